The molecule has 3 nitrogen and oxygen atoms in total. The lowest BCUT2D eigenvalue weighted by molar-refractivity contribution is 0.376. The van der Waals surface area contributed by atoms with Crippen molar-refractivity contribution < 1.29 is 12.8 Å². The van der Waals surface area contributed by atoms with Crippen molar-refractivity contribution in [2.24, 2.45) is 0 Å². The lowest BCUT2D eigenvalue weighted by atomic mass is 9.95. The molecule has 0 aromatic heterocycles. The van der Waals surface area contributed by atoms with Gasteiger partial charge in [0.05, 0.1) is 10.1 Å². The average molecular weight is 285 g/mol. The van der Waals surface area contributed by atoms with Gasteiger partial charge in [0.2, 0.25) is 0 Å². The fourth-order valence-electron chi connectivity index (χ4n) is 2.78. The van der Waals surface area contributed by atoms with Gasteiger partial charge in [-0.05, 0) is 37.6 Å². The largest absolute Gasteiger partial charge is 0.313 e. The van der Waals surface area contributed by atoms with Crippen LogP contribution in [0.15, 0.2) is 29.2 Å². The zero-order valence-corrected chi connectivity index (χ0v) is 11.9. The molecule has 0 aliphatic heterocycles. The Morgan fingerprint density at radius 2 is 2.05 bits per heavy atom. The molecule has 2 atom stereocenters. The molecule has 0 bridgehead atoms. The molecule has 0 spiro atoms. The highest BCUT2D eigenvalue weighted by Crippen LogP contribution is 2.29. The predicted molar refractivity (Wildman–Crippen MR) is 73.3 cm³/mol. The van der Waals surface area contributed by atoms with Crippen molar-refractivity contribution in [2.75, 3.05) is 6.54 Å². The van der Waals surface area contributed by atoms with Crippen LogP contribution >= 0.6 is 0 Å². The Bertz CT molecular complexity index is 528. The van der Waals surface area contributed by atoms with Crippen LogP contribution in [0.1, 0.15) is 32.6 Å². The molecule has 1 aliphatic carbocycles. The van der Waals surface area contributed by atoms with Gasteiger partial charge < -0.3 is 5.32 Å². The average Bonchev–Trinajstić information content (AvgIpc) is 2.39. The maximum Gasteiger partial charge on any atom is 0.182 e. The van der Waals surface area contributed by atoms with Crippen molar-refractivity contribution in [1.29, 1.82) is 0 Å². The second-order valence-corrected chi connectivity index (χ2v) is 7.16. The minimum absolute atomic E-state index is 0.0213. The SMILES string of the molecule is CCNC1CCCCC1S(=O)(=O)c1cccc(F)c1. The van der Waals surface area contributed by atoms with Gasteiger partial charge in [0.25, 0.3) is 0 Å². The van der Waals surface area contributed by atoms with Crippen LogP contribution < -0.4 is 5.32 Å². The Labute approximate surface area is 114 Å². The number of sulfone groups is 1. The molecular weight excluding hydrogens is 265 g/mol. The summed E-state index contributed by atoms with van der Waals surface area (Å²) < 4.78 is 38.5. The molecule has 0 heterocycles. The van der Waals surface area contributed by atoms with E-state index in [1.165, 1.54) is 18.2 Å². The van der Waals surface area contributed by atoms with Crippen molar-refractivity contribution >= 4 is 9.84 Å². The minimum atomic E-state index is -3.46. The van der Waals surface area contributed by atoms with E-state index in [2.05, 4.69) is 5.32 Å². The standard InChI is InChI=1S/C14H20FNO2S/c1-2-16-13-8-3-4-9-14(13)19(17,18)12-7-5-6-11(15)10-12/h5-7,10,13-14,16H,2-4,8-9H2,1H3. The van der Waals surface area contributed by atoms with Crippen LogP contribution in [0.2, 0.25) is 0 Å². The Kier molecular flexibility index (Phi) is 4.58. The molecule has 1 N–H and O–H groups in total. The van der Waals surface area contributed by atoms with Crippen LogP contribution in [0.4, 0.5) is 4.39 Å². The van der Waals surface area contributed by atoms with Crippen LogP contribution in [-0.4, -0.2) is 26.3 Å². The molecule has 1 aromatic carbocycles. The van der Waals surface area contributed by atoms with Gasteiger partial charge in [-0.2, -0.15) is 0 Å². The summed E-state index contributed by atoms with van der Waals surface area (Å²) in [6.07, 6.45) is 3.48. The third-order valence-electron chi connectivity index (χ3n) is 3.69. The molecule has 2 rings (SSSR count). The normalized spacial score (nSPS) is 24.3. The number of nitrogens with one attached hydrogen (secondary N) is 1. The third kappa shape index (κ3) is 3.15. The summed E-state index contributed by atoms with van der Waals surface area (Å²) in [6, 6.07) is 5.30. The Balaban J connectivity index is 2.31. The molecule has 0 amide bonds. The van der Waals surface area contributed by atoms with Gasteiger partial charge in [0, 0.05) is 6.04 Å². The van der Waals surface area contributed by atoms with Gasteiger partial charge >= 0.3 is 0 Å². The molecule has 2 unspecified atom stereocenters. The highest BCUT2D eigenvalue weighted by Gasteiger charge is 2.36. The van der Waals surface area contributed by atoms with Gasteiger partial charge in [-0.25, -0.2) is 12.8 Å². The number of hydrogen-bond acceptors (Lipinski definition) is 3. The van der Waals surface area contributed by atoms with E-state index in [1.54, 1.807) is 0 Å². The summed E-state index contributed by atoms with van der Waals surface area (Å²) in [5, 5.41) is 2.81. The van der Waals surface area contributed by atoms with Crippen LogP contribution in [0.3, 0.4) is 0 Å². The van der Waals surface area contributed by atoms with E-state index >= 15 is 0 Å². The molecular formula is C14H20FNO2S. The number of benzene rings is 1. The molecule has 0 radical (unpaired) electrons. The summed E-state index contributed by atoms with van der Waals surface area (Å²) >= 11 is 0. The molecule has 1 aliphatic rings. The first-order chi connectivity index (χ1) is 9.05. The number of halogens is 1. The lowest BCUT2D eigenvalue weighted by Gasteiger charge is -2.31. The molecule has 1 fully saturated rings. The highest BCUT2D eigenvalue weighted by molar-refractivity contribution is 7.92. The predicted octanol–water partition coefficient (Wildman–Crippen LogP) is 2.52. The molecule has 1 aromatic rings. The van der Waals surface area contributed by atoms with Crippen molar-refractivity contribution in [3.05, 3.63) is 30.1 Å². The molecule has 0 saturated heterocycles. The van der Waals surface area contributed by atoms with Crippen LogP contribution in [0.25, 0.3) is 0 Å². The first kappa shape index (κ1) is 14.5. The monoisotopic (exact) mass is 285 g/mol. The molecule has 19 heavy (non-hydrogen) atoms. The van der Waals surface area contributed by atoms with Gasteiger partial charge in [-0.3, -0.25) is 0 Å². The Morgan fingerprint density at radius 3 is 2.74 bits per heavy atom. The third-order valence-corrected chi connectivity index (χ3v) is 5.96. The summed E-state index contributed by atoms with van der Waals surface area (Å²) in [5.74, 6) is -0.503. The summed E-state index contributed by atoms with van der Waals surface area (Å²) in [5.41, 5.74) is 0. The van der Waals surface area contributed by atoms with E-state index in [0.717, 1.165) is 31.9 Å². The Hall–Kier alpha value is -0.940. The summed E-state index contributed by atoms with van der Waals surface area (Å²) in [4.78, 5) is 0.0994. The van der Waals surface area contributed by atoms with Gasteiger partial charge in [0.1, 0.15) is 5.82 Å². The van der Waals surface area contributed by atoms with Crippen LogP contribution in [0, 0.1) is 5.82 Å². The van der Waals surface area contributed by atoms with Gasteiger partial charge in [-0.1, -0.05) is 25.8 Å². The maximum absolute atomic E-state index is 13.2. The smallest absolute Gasteiger partial charge is 0.182 e. The first-order valence-electron chi connectivity index (χ1n) is 6.78. The van der Waals surface area contributed by atoms with Gasteiger partial charge in [-0.15, -0.1) is 0 Å². The minimum Gasteiger partial charge on any atom is -0.313 e. The van der Waals surface area contributed by atoms with E-state index in [0.29, 0.717) is 6.42 Å². The number of rotatable bonds is 4. The van der Waals surface area contributed by atoms with Gasteiger partial charge in [0.15, 0.2) is 9.84 Å². The summed E-state index contributed by atoms with van der Waals surface area (Å²) in [7, 11) is -3.46. The van der Waals surface area contributed by atoms with Crippen LogP contribution in [0.5, 0.6) is 0 Å². The van der Waals surface area contributed by atoms with Crippen molar-refractivity contribution in [2.45, 2.75) is 48.8 Å². The highest BCUT2D eigenvalue weighted by atomic mass is 32.2. The lowest BCUT2D eigenvalue weighted by Crippen LogP contribution is -2.46. The zero-order chi connectivity index (χ0) is 13.9. The van der Waals surface area contributed by atoms with Crippen molar-refractivity contribution in [3.8, 4) is 0 Å². The van der Waals surface area contributed by atoms with E-state index in [-0.39, 0.29) is 10.9 Å². The molecule has 106 valence electrons. The Morgan fingerprint density at radius 1 is 1.32 bits per heavy atom. The quantitative estimate of drug-likeness (QED) is 0.924. The summed E-state index contributed by atoms with van der Waals surface area (Å²) in [6.45, 7) is 2.72. The van der Waals surface area contributed by atoms with Crippen LogP contribution in [-0.2, 0) is 9.84 Å². The zero-order valence-electron chi connectivity index (χ0n) is 11.1. The number of hydrogen-bond donors (Lipinski definition) is 1. The fraction of sp³-hybridized carbons (Fsp3) is 0.571. The van der Waals surface area contributed by atoms with E-state index < -0.39 is 20.9 Å². The first-order valence-corrected chi connectivity index (χ1v) is 8.33. The molecule has 1 saturated carbocycles. The van der Waals surface area contributed by atoms with E-state index in [1.807, 2.05) is 6.92 Å². The topological polar surface area (TPSA) is 46.2 Å². The van der Waals surface area contributed by atoms with Crippen molar-refractivity contribution in [1.82, 2.24) is 5.32 Å². The fourth-order valence-corrected chi connectivity index (χ4v) is 4.82. The second-order valence-electron chi connectivity index (χ2n) is 4.99. The van der Waals surface area contributed by atoms with E-state index in [9.17, 15) is 12.8 Å². The maximum atomic E-state index is 13.2. The molecule has 5 heteroatoms. The second kappa shape index (κ2) is 6.01. The van der Waals surface area contributed by atoms with E-state index in [4.69, 9.17) is 0 Å². The van der Waals surface area contributed by atoms with Crippen molar-refractivity contribution in [3.63, 3.8) is 0 Å².